The van der Waals surface area contributed by atoms with Crippen LogP contribution < -0.4 is 11.1 Å². The molecule has 0 spiro atoms. The summed E-state index contributed by atoms with van der Waals surface area (Å²) in [5.74, 6) is 1.20. The highest BCUT2D eigenvalue weighted by Crippen LogP contribution is 2.30. The fraction of sp³-hybridized carbons (Fsp3) is 0.278. The molecule has 3 aromatic rings. The van der Waals surface area contributed by atoms with Gasteiger partial charge in [-0.15, -0.1) is 23.7 Å². The van der Waals surface area contributed by atoms with Gasteiger partial charge in [-0.3, -0.25) is 9.89 Å². The molecule has 0 atom stereocenters. The Bertz CT molecular complexity index is 879. The van der Waals surface area contributed by atoms with E-state index < -0.39 is 0 Å². The van der Waals surface area contributed by atoms with Crippen molar-refractivity contribution >= 4 is 35.3 Å². The molecular weight excluding hydrogens is 370 g/mol. The van der Waals surface area contributed by atoms with Gasteiger partial charge in [0.25, 0.3) is 5.91 Å². The topological polar surface area (TPSA) is 96.7 Å². The predicted octanol–water partition coefficient (Wildman–Crippen LogP) is 3.54. The fourth-order valence-electron chi connectivity index (χ4n) is 3.01. The third kappa shape index (κ3) is 3.80. The summed E-state index contributed by atoms with van der Waals surface area (Å²) < 4.78 is 0. The predicted molar refractivity (Wildman–Crippen MR) is 106 cm³/mol. The molecule has 136 valence electrons. The molecule has 0 aliphatic heterocycles. The van der Waals surface area contributed by atoms with Crippen LogP contribution in [0.1, 0.15) is 38.8 Å². The van der Waals surface area contributed by atoms with Crippen LogP contribution in [-0.4, -0.2) is 21.1 Å². The number of amides is 1. The number of fused-ring (bicyclic) bond motifs is 1. The fourth-order valence-corrected chi connectivity index (χ4v) is 4.16. The van der Waals surface area contributed by atoms with Crippen molar-refractivity contribution in [2.24, 2.45) is 5.73 Å². The van der Waals surface area contributed by atoms with E-state index in [2.05, 4.69) is 20.5 Å². The second kappa shape index (κ2) is 7.99. The Kier molecular flexibility index (Phi) is 5.70. The summed E-state index contributed by atoms with van der Waals surface area (Å²) in [5, 5.41) is 9.89. The summed E-state index contributed by atoms with van der Waals surface area (Å²) in [6, 6.07) is 9.54. The van der Waals surface area contributed by atoms with E-state index >= 15 is 0 Å². The summed E-state index contributed by atoms with van der Waals surface area (Å²) in [6.45, 7) is 0.325. The number of hydrogen-bond acceptors (Lipinski definition) is 5. The molecule has 0 bridgehead atoms. The standard InChI is InChI=1S/C18H19N5OS.ClH/c19-10-16-21-17(23-22-16)11-5-7-13(8-6-11)20-18(24)15-9-12-3-1-2-4-14(12)25-15;/h5-9H,1-4,10,19H2,(H,20,24)(H,21,22,23);1H. The van der Waals surface area contributed by atoms with Crippen LogP contribution in [0.15, 0.2) is 30.3 Å². The SMILES string of the molecule is Cl.NCc1nc(-c2ccc(NC(=O)c3cc4c(s3)CCCC4)cc2)n[nH]1. The Hall–Kier alpha value is -2.22. The molecule has 2 aromatic heterocycles. The van der Waals surface area contributed by atoms with E-state index in [4.69, 9.17) is 5.73 Å². The van der Waals surface area contributed by atoms with Crippen LogP contribution >= 0.6 is 23.7 Å². The molecule has 2 heterocycles. The highest BCUT2D eigenvalue weighted by Gasteiger charge is 2.17. The van der Waals surface area contributed by atoms with Crippen LogP contribution in [0.3, 0.4) is 0 Å². The lowest BCUT2D eigenvalue weighted by atomic mass is 9.99. The molecule has 26 heavy (non-hydrogen) atoms. The van der Waals surface area contributed by atoms with Gasteiger partial charge in [0.15, 0.2) is 5.82 Å². The molecule has 1 aromatic carbocycles. The highest BCUT2D eigenvalue weighted by molar-refractivity contribution is 7.14. The van der Waals surface area contributed by atoms with Crippen molar-refractivity contribution in [1.29, 1.82) is 0 Å². The maximum Gasteiger partial charge on any atom is 0.265 e. The van der Waals surface area contributed by atoms with E-state index in [1.807, 2.05) is 30.3 Å². The second-order valence-corrected chi connectivity index (χ2v) is 7.24. The first-order chi connectivity index (χ1) is 12.2. The Morgan fingerprint density at radius 1 is 1.23 bits per heavy atom. The molecule has 1 amide bonds. The van der Waals surface area contributed by atoms with Crippen molar-refractivity contribution < 1.29 is 4.79 Å². The van der Waals surface area contributed by atoms with Crippen molar-refractivity contribution in [2.75, 3.05) is 5.32 Å². The highest BCUT2D eigenvalue weighted by atomic mass is 35.5. The summed E-state index contributed by atoms with van der Waals surface area (Å²) in [7, 11) is 0. The molecule has 0 radical (unpaired) electrons. The van der Waals surface area contributed by atoms with E-state index in [0.717, 1.165) is 29.0 Å². The largest absolute Gasteiger partial charge is 0.324 e. The first-order valence-electron chi connectivity index (χ1n) is 8.37. The number of benzene rings is 1. The maximum atomic E-state index is 12.5. The van der Waals surface area contributed by atoms with Crippen LogP contribution in [-0.2, 0) is 19.4 Å². The smallest absolute Gasteiger partial charge is 0.265 e. The third-order valence-corrected chi connectivity index (χ3v) is 5.58. The van der Waals surface area contributed by atoms with E-state index in [1.54, 1.807) is 11.3 Å². The number of nitrogens with one attached hydrogen (secondary N) is 2. The average molecular weight is 390 g/mol. The van der Waals surface area contributed by atoms with Crippen molar-refractivity contribution in [1.82, 2.24) is 15.2 Å². The molecule has 1 aliphatic rings. The lowest BCUT2D eigenvalue weighted by Crippen LogP contribution is -2.09. The number of halogens is 1. The van der Waals surface area contributed by atoms with Gasteiger partial charge in [-0.25, -0.2) is 4.98 Å². The average Bonchev–Trinajstić information content (AvgIpc) is 3.29. The molecule has 4 N–H and O–H groups in total. The molecule has 0 fully saturated rings. The first kappa shape index (κ1) is 18.6. The van der Waals surface area contributed by atoms with Crippen molar-refractivity contribution in [3.8, 4) is 11.4 Å². The second-order valence-electron chi connectivity index (χ2n) is 6.11. The number of H-pyrrole nitrogens is 1. The number of aryl methyl sites for hydroxylation is 2. The van der Waals surface area contributed by atoms with Gasteiger partial charge in [0.05, 0.1) is 11.4 Å². The normalized spacial score (nSPS) is 13.0. The zero-order chi connectivity index (χ0) is 17.2. The number of anilines is 1. The van der Waals surface area contributed by atoms with Crippen LogP contribution in [0.2, 0.25) is 0 Å². The van der Waals surface area contributed by atoms with E-state index in [-0.39, 0.29) is 18.3 Å². The minimum Gasteiger partial charge on any atom is -0.324 e. The summed E-state index contributed by atoms with van der Waals surface area (Å²) in [6.07, 6.45) is 4.64. The number of aromatic amines is 1. The number of hydrogen-bond donors (Lipinski definition) is 3. The van der Waals surface area contributed by atoms with Gasteiger partial charge in [-0.2, -0.15) is 5.10 Å². The number of aromatic nitrogens is 3. The number of rotatable bonds is 4. The number of nitrogens with zero attached hydrogens (tertiary/aromatic N) is 2. The number of nitrogens with two attached hydrogens (primary N) is 1. The van der Waals surface area contributed by atoms with Crippen molar-refractivity contribution in [3.63, 3.8) is 0 Å². The monoisotopic (exact) mass is 389 g/mol. The van der Waals surface area contributed by atoms with Gasteiger partial charge >= 0.3 is 0 Å². The van der Waals surface area contributed by atoms with Gasteiger partial charge in [-0.05, 0) is 61.6 Å². The molecule has 0 saturated heterocycles. The Morgan fingerprint density at radius 3 is 2.69 bits per heavy atom. The lowest BCUT2D eigenvalue weighted by molar-refractivity contribution is 0.103. The van der Waals surface area contributed by atoms with E-state index in [0.29, 0.717) is 18.2 Å². The molecule has 4 rings (SSSR count). The first-order valence-corrected chi connectivity index (χ1v) is 9.19. The Labute approximate surface area is 161 Å². The van der Waals surface area contributed by atoms with Gasteiger partial charge in [0.1, 0.15) is 5.82 Å². The van der Waals surface area contributed by atoms with Crippen LogP contribution in [0, 0.1) is 0 Å². The Morgan fingerprint density at radius 2 is 2.00 bits per heavy atom. The Balaban J connectivity index is 0.00000196. The van der Waals surface area contributed by atoms with Crippen LogP contribution in [0.4, 0.5) is 5.69 Å². The number of thiophene rings is 1. The van der Waals surface area contributed by atoms with E-state index in [1.165, 1.54) is 23.3 Å². The summed E-state index contributed by atoms with van der Waals surface area (Å²) in [5.41, 5.74) is 8.51. The van der Waals surface area contributed by atoms with Crippen LogP contribution in [0.25, 0.3) is 11.4 Å². The summed E-state index contributed by atoms with van der Waals surface area (Å²) in [4.78, 5) is 18.9. The molecule has 6 nitrogen and oxygen atoms in total. The number of carbonyl (C=O) groups excluding carboxylic acids is 1. The van der Waals surface area contributed by atoms with Crippen molar-refractivity contribution in [2.45, 2.75) is 32.2 Å². The molecule has 0 unspecified atom stereocenters. The minimum absolute atomic E-state index is 0. The van der Waals surface area contributed by atoms with Crippen molar-refractivity contribution in [3.05, 3.63) is 51.5 Å². The van der Waals surface area contributed by atoms with Gasteiger partial charge in [0, 0.05) is 16.1 Å². The lowest BCUT2D eigenvalue weighted by Gasteiger charge is -2.08. The molecular formula is C18H20ClN5OS. The third-order valence-electron chi connectivity index (χ3n) is 4.35. The molecule has 1 aliphatic carbocycles. The maximum absolute atomic E-state index is 12.5. The zero-order valence-electron chi connectivity index (χ0n) is 14.1. The van der Waals surface area contributed by atoms with Gasteiger partial charge in [-0.1, -0.05) is 0 Å². The quantitative estimate of drug-likeness (QED) is 0.635. The van der Waals surface area contributed by atoms with Gasteiger partial charge in [0.2, 0.25) is 0 Å². The summed E-state index contributed by atoms with van der Waals surface area (Å²) >= 11 is 1.62. The minimum atomic E-state index is -0.0459. The molecule has 0 saturated carbocycles. The van der Waals surface area contributed by atoms with E-state index in [9.17, 15) is 4.79 Å². The number of carbonyl (C=O) groups is 1. The van der Waals surface area contributed by atoms with Crippen LogP contribution in [0.5, 0.6) is 0 Å². The zero-order valence-corrected chi connectivity index (χ0v) is 15.8. The van der Waals surface area contributed by atoms with Gasteiger partial charge < -0.3 is 11.1 Å². The molecule has 8 heteroatoms.